The molecule has 0 saturated carbocycles. The molecular weight excluding hydrogens is 230 g/mol. The topological polar surface area (TPSA) is 32.5 Å². The van der Waals surface area contributed by atoms with E-state index in [-0.39, 0.29) is 5.54 Å². The molecule has 17 heavy (non-hydrogen) atoms. The van der Waals surface area contributed by atoms with E-state index in [9.17, 15) is 0 Å². The second-order valence-corrected chi connectivity index (χ2v) is 6.50. The van der Waals surface area contributed by atoms with Gasteiger partial charge >= 0.3 is 0 Å². The molecule has 3 nitrogen and oxygen atoms in total. The van der Waals surface area contributed by atoms with Crippen molar-refractivity contribution < 1.29 is 0 Å². The maximum atomic E-state index is 6.09. The van der Waals surface area contributed by atoms with Crippen LogP contribution in [0.25, 0.3) is 0 Å². The average molecular weight is 259 g/mol. The highest BCUT2D eigenvalue weighted by Crippen LogP contribution is 2.27. The lowest BCUT2D eigenvalue weighted by atomic mass is 9.86. The Hall–Kier alpha value is 0.230. The number of thioether (sulfide) groups is 1. The lowest BCUT2D eigenvalue weighted by molar-refractivity contribution is 0.0194. The predicted molar refractivity (Wildman–Crippen MR) is 78.7 cm³/mol. The molecule has 0 aromatic rings. The van der Waals surface area contributed by atoms with E-state index in [1.807, 2.05) is 11.8 Å². The van der Waals surface area contributed by atoms with Crippen molar-refractivity contribution in [3.05, 3.63) is 0 Å². The number of hydrogen-bond acceptors (Lipinski definition) is 4. The minimum Gasteiger partial charge on any atom is -0.329 e. The summed E-state index contributed by atoms with van der Waals surface area (Å²) in [5, 5.41) is 0. The first-order chi connectivity index (χ1) is 8.05. The highest BCUT2D eigenvalue weighted by molar-refractivity contribution is 7.98. The van der Waals surface area contributed by atoms with E-state index >= 15 is 0 Å². The number of nitrogens with two attached hydrogens (primary N) is 1. The summed E-state index contributed by atoms with van der Waals surface area (Å²) in [4.78, 5) is 4.97. The quantitative estimate of drug-likeness (QED) is 0.783. The molecular formula is C13H29N3S. The Balaban J connectivity index is 2.64. The Bertz CT molecular complexity index is 225. The highest BCUT2D eigenvalue weighted by Gasteiger charge is 2.38. The van der Waals surface area contributed by atoms with Gasteiger partial charge in [-0.1, -0.05) is 0 Å². The molecule has 2 unspecified atom stereocenters. The van der Waals surface area contributed by atoms with Crippen LogP contribution in [0, 0.1) is 0 Å². The van der Waals surface area contributed by atoms with E-state index in [1.54, 1.807) is 0 Å². The second kappa shape index (κ2) is 6.98. The highest BCUT2D eigenvalue weighted by atomic mass is 32.2. The van der Waals surface area contributed by atoms with Gasteiger partial charge in [0.05, 0.1) is 0 Å². The lowest BCUT2D eigenvalue weighted by Crippen LogP contribution is -2.62. The fraction of sp³-hybridized carbons (Fsp3) is 1.00. The van der Waals surface area contributed by atoms with Gasteiger partial charge in [-0.25, -0.2) is 0 Å². The van der Waals surface area contributed by atoms with Crippen molar-refractivity contribution in [3.63, 3.8) is 0 Å². The van der Waals surface area contributed by atoms with Crippen molar-refractivity contribution in [3.8, 4) is 0 Å². The van der Waals surface area contributed by atoms with Gasteiger partial charge < -0.3 is 10.6 Å². The van der Waals surface area contributed by atoms with Gasteiger partial charge in [-0.05, 0) is 58.8 Å². The van der Waals surface area contributed by atoms with E-state index in [2.05, 4.69) is 37.1 Å². The molecule has 0 aliphatic carbocycles. The minimum atomic E-state index is 0.199. The molecule has 4 heteroatoms. The van der Waals surface area contributed by atoms with Crippen LogP contribution in [0.15, 0.2) is 0 Å². The molecule has 2 atom stereocenters. The van der Waals surface area contributed by atoms with Crippen LogP contribution in [0.5, 0.6) is 0 Å². The molecule has 0 aromatic carbocycles. The molecule has 1 rings (SSSR count). The number of piperidine rings is 1. The van der Waals surface area contributed by atoms with Gasteiger partial charge in [0.2, 0.25) is 0 Å². The fourth-order valence-corrected chi connectivity index (χ4v) is 3.46. The molecule has 0 spiro atoms. The summed E-state index contributed by atoms with van der Waals surface area (Å²) in [6.07, 6.45) is 5.95. The molecule has 0 bridgehead atoms. The van der Waals surface area contributed by atoms with Gasteiger partial charge in [-0.2, -0.15) is 11.8 Å². The first-order valence-corrected chi connectivity index (χ1v) is 8.05. The summed E-state index contributed by atoms with van der Waals surface area (Å²) in [6.45, 7) is 5.44. The SMILES string of the molecule is CSCCC(C)N(C)C1(CN)CCCN(C)C1. The number of likely N-dealkylation sites (N-methyl/N-ethyl adjacent to an activating group) is 2. The Morgan fingerprint density at radius 3 is 2.76 bits per heavy atom. The van der Waals surface area contributed by atoms with Crippen molar-refractivity contribution in [2.24, 2.45) is 5.73 Å². The van der Waals surface area contributed by atoms with Crippen LogP contribution in [0.1, 0.15) is 26.2 Å². The summed E-state index contributed by atoms with van der Waals surface area (Å²) in [7, 11) is 4.47. The van der Waals surface area contributed by atoms with E-state index in [0.29, 0.717) is 6.04 Å². The van der Waals surface area contributed by atoms with Crippen LogP contribution in [-0.2, 0) is 0 Å². The number of likely N-dealkylation sites (tertiary alicyclic amines) is 1. The summed E-state index contributed by atoms with van der Waals surface area (Å²) < 4.78 is 0. The molecule has 102 valence electrons. The summed E-state index contributed by atoms with van der Waals surface area (Å²) in [5.74, 6) is 1.24. The second-order valence-electron chi connectivity index (χ2n) is 5.51. The third kappa shape index (κ3) is 3.85. The van der Waals surface area contributed by atoms with Crippen LogP contribution in [0.2, 0.25) is 0 Å². The molecule has 0 aromatic heterocycles. The summed E-state index contributed by atoms with van der Waals surface area (Å²) in [6, 6.07) is 0.623. The van der Waals surface area contributed by atoms with E-state index in [4.69, 9.17) is 5.73 Å². The van der Waals surface area contributed by atoms with Gasteiger partial charge in [0, 0.05) is 24.7 Å². The Morgan fingerprint density at radius 1 is 1.53 bits per heavy atom. The average Bonchev–Trinajstić information content (AvgIpc) is 2.34. The van der Waals surface area contributed by atoms with E-state index in [1.165, 1.54) is 31.6 Å². The Kier molecular flexibility index (Phi) is 6.27. The Morgan fingerprint density at radius 2 is 2.24 bits per heavy atom. The predicted octanol–water partition coefficient (Wildman–Crippen LogP) is 1.48. The van der Waals surface area contributed by atoms with E-state index < -0.39 is 0 Å². The van der Waals surface area contributed by atoms with Gasteiger partial charge in [-0.3, -0.25) is 4.90 Å². The zero-order chi connectivity index (χ0) is 12.9. The molecule has 0 amide bonds. The molecule has 1 heterocycles. The van der Waals surface area contributed by atoms with Gasteiger partial charge in [0.25, 0.3) is 0 Å². The monoisotopic (exact) mass is 259 g/mol. The van der Waals surface area contributed by atoms with Crippen molar-refractivity contribution in [1.29, 1.82) is 0 Å². The van der Waals surface area contributed by atoms with Crippen LogP contribution in [0.3, 0.4) is 0 Å². The van der Waals surface area contributed by atoms with Crippen LogP contribution < -0.4 is 5.73 Å². The lowest BCUT2D eigenvalue weighted by Gasteiger charge is -2.49. The maximum Gasteiger partial charge on any atom is 0.0458 e. The first-order valence-electron chi connectivity index (χ1n) is 6.66. The number of hydrogen-bond donors (Lipinski definition) is 1. The van der Waals surface area contributed by atoms with Crippen molar-refractivity contribution in [1.82, 2.24) is 9.80 Å². The Labute approximate surface area is 111 Å². The van der Waals surface area contributed by atoms with Crippen molar-refractivity contribution in [2.75, 3.05) is 45.7 Å². The maximum absolute atomic E-state index is 6.09. The number of rotatable bonds is 6. The smallest absolute Gasteiger partial charge is 0.0458 e. The van der Waals surface area contributed by atoms with Gasteiger partial charge in [0.1, 0.15) is 0 Å². The molecule has 1 aliphatic heterocycles. The molecule has 2 N–H and O–H groups in total. The van der Waals surface area contributed by atoms with Crippen molar-refractivity contribution in [2.45, 2.75) is 37.8 Å². The molecule has 1 fully saturated rings. The largest absolute Gasteiger partial charge is 0.329 e. The minimum absolute atomic E-state index is 0.199. The third-order valence-electron chi connectivity index (χ3n) is 4.28. The van der Waals surface area contributed by atoms with Crippen LogP contribution in [-0.4, -0.2) is 67.1 Å². The zero-order valence-corrected chi connectivity index (χ0v) is 12.7. The van der Waals surface area contributed by atoms with E-state index in [0.717, 1.165) is 13.1 Å². The molecule has 1 aliphatic rings. The fourth-order valence-electron chi connectivity index (χ4n) is 2.89. The number of nitrogens with zero attached hydrogens (tertiary/aromatic N) is 2. The van der Waals surface area contributed by atoms with Crippen molar-refractivity contribution >= 4 is 11.8 Å². The van der Waals surface area contributed by atoms with Crippen LogP contribution >= 0.6 is 11.8 Å². The van der Waals surface area contributed by atoms with Gasteiger partial charge in [-0.15, -0.1) is 0 Å². The zero-order valence-electron chi connectivity index (χ0n) is 11.9. The molecule has 0 radical (unpaired) electrons. The summed E-state index contributed by atoms with van der Waals surface area (Å²) >= 11 is 1.93. The molecule has 1 saturated heterocycles. The normalized spacial score (nSPS) is 28.6. The van der Waals surface area contributed by atoms with Gasteiger partial charge in [0.15, 0.2) is 0 Å². The standard InChI is InChI=1S/C13H29N3S/c1-12(6-9-17-4)16(3)13(10-14)7-5-8-15(2)11-13/h12H,5-11,14H2,1-4H3. The first kappa shape index (κ1) is 15.3. The summed E-state index contributed by atoms with van der Waals surface area (Å²) in [5.41, 5.74) is 6.29. The third-order valence-corrected chi connectivity index (χ3v) is 4.92. The van der Waals surface area contributed by atoms with Crippen LogP contribution in [0.4, 0.5) is 0 Å².